The highest BCUT2D eigenvalue weighted by atomic mass is 16.6. The maximum absolute atomic E-state index is 12.7. The second-order valence-electron chi connectivity index (χ2n) is 10.1. The van der Waals surface area contributed by atoms with Gasteiger partial charge in [0.15, 0.2) is 0 Å². The fraction of sp³-hybridized carbons (Fsp3) is 0.727. The first-order chi connectivity index (χ1) is 14.8. The maximum Gasteiger partial charge on any atom is 0.411 e. The van der Waals surface area contributed by atoms with Gasteiger partial charge in [-0.15, -0.1) is 0 Å². The van der Waals surface area contributed by atoms with E-state index in [1.165, 1.54) is 25.7 Å². The van der Waals surface area contributed by atoms with Crippen LogP contribution < -0.4 is 5.73 Å². The highest BCUT2D eigenvalue weighted by molar-refractivity contribution is 5.69. The molecule has 9 nitrogen and oxygen atoms in total. The van der Waals surface area contributed by atoms with Crippen LogP contribution in [0.1, 0.15) is 69.9 Å². The zero-order valence-electron chi connectivity index (χ0n) is 18.5. The lowest BCUT2D eigenvalue weighted by Crippen LogP contribution is -2.46. The second kappa shape index (κ2) is 7.70. The molecule has 1 saturated heterocycles. The largest absolute Gasteiger partial charge is 0.444 e. The van der Waals surface area contributed by atoms with Gasteiger partial charge < -0.3 is 15.2 Å². The molecule has 1 amide bonds. The monoisotopic (exact) mass is 428 g/mol. The molecule has 0 bridgehead atoms. The minimum atomic E-state index is -0.566. The van der Waals surface area contributed by atoms with Crippen LogP contribution in [0.25, 0.3) is 5.78 Å². The molecule has 1 aliphatic heterocycles. The number of nitrogens with two attached hydrogens (primary N) is 1. The third-order valence-corrected chi connectivity index (χ3v) is 6.42. The van der Waals surface area contributed by atoms with Gasteiger partial charge in [-0.25, -0.2) is 19.3 Å². The van der Waals surface area contributed by atoms with E-state index in [0.29, 0.717) is 37.1 Å². The van der Waals surface area contributed by atoms with Crippen LogP contribution in [-0.2, 0) is 9.47 Å². The van der Waals surface area contributed by atoms with E-state index in [1.54, 1.807) is 15.6 Å². The Morgan fingerprint density at radius 2 is 1.94 bits per heavy atom. The molecule has 1 unspecified atom stereocenters. The average molecular weight is 429 g/mol. The Labute approximate surface area is 182 Å². The number of imidazole rings is 1. The Hall–Kier alpha value is -2.26. The molecule has 2 atom stereocenters. The molecule has 0 spiro atoms. The Kier molecular flexibility index (Phi) is 5.13. The van der Waals surface area contributed by atoms with Crippen molar-refractivity contribution >= 4 is 11.9 Å². The van der Waals surface area contributed by atoms with Gasteiger partial charge in [-0.3, -0.25) is 4.90 Å². The van der Waals surface area contributed by atoms with Crippen molar-refractivity contribution in [1.29, 1.82) is 0 Å². The number of morpholine rings is 1. The number of ether oxygens (including phenoxy) is 2. The summed E-state index contributed by atoms with van der Waals surface area (Å²) in [5, 5.41) is 4.51. The minimum Gasteiger partial charge on any atom is -0.444 e. The number of nitrogens with zero attached hydrogens (tertiary/aromatic N) is 5. The SMILES string of the molecule is CC(C)(C)OC(=O)N1CCOCC1c1cnn2cc([C@@H](N)C(C3CC3)C3CC3)nc2n1. The molecular weight excluding hydrogens is 396 g/mol. The summed E-state index contributed by atoms with van der Waals surface area (Å²) in [5.41, 5.74) is 7.59. The molecule has 2 aliphatic carbocycles. The zero-order chi connectivity index (χ0) is 21.8. The van der Waals surface area contributed by atoms with Crippen LogP contribution in [0.4, 0.5) is 4.79 Å². The summed E-state index contributed by atoms with van der Waals surface area (Å²) in [6.07, 6.45) is 8.34. The van der Waals surface area contributed by atoms with E-state index < -0.39 is 5.60 Å². The van der Waals surface area contributed by atoms with Crippen LogP contribution in [0.15, 0.2) is 12.4 Å². The van der Waals surface area contributed by atoms with Crippen molar-refractivity contribution in [3.63, 3.8) is 0 Å². The van der Waals surface area contributed by atoms with Crippen LogP contribution in [0.3, 0.4) is 0 Å². The molecule has 3 fully saturated rings. The topological polar surface area (TPSA) is 108 Å². The highest BCUT2D eigenvalue weighted by Gasteiger charge is 2.45. The van der Waals surface area contributed by atoms with Gasteiger partial charge in [0, 0.05) is 6.54 Å². The smallest absolute Gasteiger partial charge is 0.411 e. The van der Waals surface area contributed by atoms with Crippen LogP contribution in [0.5, 0.6) is 0 Å². The second-order valence-corrected chi connectivity index (χ2v) is 10.1. The van der Waals surface area contributed by atoms with Crippen LogP contribution in [0, 0.1) is 17.8 Å². The van der Waals surface area contributed by atoms with E-state index >= 15 is 0 Å². The van der Waals surface area contributed by atoms with Crippen molar-refractivity contribution in [3.05, 3.63) is 23.8 Å². The van der Waals surface area contributed by atoms with Gasteiger partial charge in [-0.05, 0) is 64.2 Å². The number of carbonyl (C=O) groups excluding carboxylic acids is 1. The molecule has 0 aromatic carbocycles. The summed E-state index contributed by atoms with van der Waals surface area (Å²) in [6.45, 7) is 6.84. The first-order valence-electron chi connectivity index (χ1n) is 11.4. The average Bonchev–Trinajstić information content (AvgIpc) is 3.66. The third kappa shape index (κ3) is 4.39. The van der Waals surface area contributed by atoms with Gasteiger partial charge in [0.05, 0.1) is 43.0 Å². The summed E-state index contributed by atoms with van der Waals surface area (Å²) in [4.78, 5) is 23.8. The van der Waals surface area contributed by atoms with Crippen molar-refractivity contribution < 1.29 is 14.3 Å². The summed E-state index contributed by atoms with van der Waals surface area (Å²) < 4.78 is 12.9. The molecule has 2 aromatic rings. The van der Waals surface area contributed by atoms with Crippen molar-refractivity contribution in [2.75, 3.05) is 19.8 Å². The fourth-order valence-electron chi connectivity index (χ4n) is 4.65. The molecule has 0 radical (unpaired) electrons. The van der Waals surface area contributed by atoms with Gasteiger partial charge >= 0.3 is 6.09 Å². The molecule has 31 heavy (non-hydrogen) atoms. The van der Waals surface area contributed by atoms with E-state index in [0.717, 1.165) is 17.5 Å². The van der Waals surface area contributed by atoms with Crippen LogP contribution >= 0.6 is 0 Å². The van der Waals surface area contributed by atoms with Crippen LogP contribution in [-0.4, -0.2) is 55.9 Å². The third-order valence-electron chi connectivity index (χ3n) is 6.42. The van der Waals surface area contributed by atoms with Gasteiger partial charge in [0.25, 0.3) is 5.78 Å². The summed E-state index contributed by atoms with van der Waals surface area (Å²) in [6, 6.07) is -0.441. The minimum absolute atomic E-state index is 0.0803. The van der Waals surface area contributed by atoms with Crippen molar-refractivity contribution in [1.82, 2.24) is 24.5 Å². The molecule has 2 saturated carbocycles. The van der Waals surface area contributed by atoms with Crippen molar-refractivity contribution in [2.45, 2.75) is 64.1 Å². The van der Waals surface area contributed by atoms with Gasteiger partial charge in [0.2, 0.25) is 0 Å². The first-order valence-corrected chi connectivity index (χ1v) is 11.4. The zero-order valence-corrected chi connectivity index (χ0v) is 18.5. The Balaban J connectivity index is 1.39. The van der Waals surface area contributed by atoms with Gasteiger partial charge in [0.1, 0.15) is 11.6 Å². The molecule has 2 N–H and O–H groups in total. The van der Waals surface area contributed by atoms with Gasteiger partial charge in [-0.2, -0.15) is 5.10 Å². The van der Waals surface area contributed by atoms with E-state index in [1.807, 2.05) is 27.0 Å². The lowest BCUT2D eigenvalue weighted by molar-refractivity contribution is -0.0341. The normalized spacial score (nSPS) is 23.4. The highest BCUT2D eigenvalue weighted by Crippen LogP contribution is 2.53. The van der Waals surface area contributed by atoms with Crippen molar-refractivity contribution in [3.8, 4) is 0 Å². The summed E-state index contributed by atoms with van der Waals surface area (Å²) in [7, 11) is 0. The molecule has 5 rings (SSSR count). The lowest BCUT2D eigenvalue weighted by atomic mass is 9.88. The van der Waals surface area contributed by atoms with E-state index in [9.17, 15) is 4.79 Å². The number of hydrogen-bond donors (Lipinski definition) is 1. The summed E-state index contributed by atoms with van der Waals surface area (Å²) >= 11 is 0. The van der Waals surface area contributed by atoms with Gasteiger partial charge in [-0.1, -0.05) is 0 Å². The predicted molar refractivity (Wildman–Crippen MR) is 113 cm³/mol. The Morgan fingerprint density at radius 3 is 2.58 bits per heavy atom. The maximum atomic E-state index is 12.7. The number of aromatic nitrogens is 4. The number of rotatable bonds is 5. The molecule has 3 aliphatic rings. The first kappa shape index (κ1) is 20.6. The standard InChI is InChI=1S/C22H32N6O3/c1-22(2,3)31-21(29)27-8-9-30-12-17(27)15-10-24-28-11-16(26-20(28)25-15)19(23)18(13-4-5-13)14-6-7-14/h10-11,13-14,17-19H,4-9,12,23H2,1-3H3/t17?,19-/m1/s1. The molecule has 168 valence electrons. The lowest BCUT2D eigenvalue weighted by Gasteiger charge is -2.36. The molecule has 2 aromatic heterocycles. The van der Waals surface area contributed by atoms with E-state index in [2.05, 4.69) is 5.10 Å². The summed E-state index contributed by atoms with van der Waals surface area (Å²) in [5.74, 6) is 2.50. The fourth-order valence-corrected chi connectivity index (χ4v) is 4.65. The Morgan fingerprint density at radius 1 is 1.23 bits per heavy atom. The number of hydrogen-bond acceptors (Lipinski definition) is 7. The van der Waals surface area contributed by atoms with Crippen LogP contribution in [0.2, 0.25) is 0 Å². The molecule has 3 heterocycles. The number of amides is 1. The number of carbonyl (C=O) groups is 1. The predicted octanol–water partition coefficient (Wildman–Crippen LogP) is 2.87. The molecular formula is C22H32N6O3. The van der Waals surface area contributed by atoms with E-state index in [4.69, 9.17) is 25.2 Å². The van der Waals surface area contributed by atoms with E-state index in [-0.39, 0.29) is 18.2 Å². The Bertz CT molecular complexity index is 950. The number of fused-ring (bicyclic) bond motifs is 1. The molecule has 9 heteroatoms. The van der Waals surface area contributed by atoms with Crippen molar-refractivity contribution in [2.24, 2.45) is 23.5 Å². The quantitative estimate of drug-likeness (QED) is 0.780.